The van der Waals surface area contributed by atoms with E-state index in [9.17, 15) is 0 Å². The molecule has 2 saturated heterocycles. The molecule has 106 valence electrons. The van der Waals surface area contributed by atoms with Crippen molar-refractivity contribution in [1.29, 1.82) is 0 Å². The number of rotatable bonds is 5. The summed E-state index contributed by atoms with van der Waals surface area (Å²) >= 11 is 2.15. The van der Waals surface area contributed by atoms with Crippen LogP contribution < -0.4 is 5.32 Å². The van der Waals surface area contributed by atoms with E-state index in [4.69, 9.17) is 0 Å². The van der Waals surface area contributed by atoms with Crippen molar-refractivity contribution in [3.05, 3.63) is 0 Å². The summed E-state index contributed by atoms with van der Waals surface area (Å²) in [7, 11) is 0. The van der Waals surface area contributed by atoms with Gasteiger partial charge in [-0.3, -0.25) is 4.90 Å². The predicted molar refractivity (Wildman–Crippen MR) is 82.3 cm³/mol. The maximum Gasteiger partial charge on any atom is 0.0221 e. The zero-order valence-electron chi connectivity index (χ0n) is 12.3. The first kappa shape index (κ1) is 14.7. The lowest BCUT2D eigenvalue weighted by Gasteiger charge is -2.43. The molecule has 2 nitrogen and oxygen atoms in total. The number of nitrogens with zero attached hydrogens (tertiary/aromatic N) is 1. The topological polar surface area (TPSA) is 15.3 Å². The van der Waals surface area contributed by atoms with Crippen LogP contribution in [0, 0.1) is 11.8 Å². The van der Waals surface area contributed by atoms with Crippen LogP contribution in [0.2, 0.25) is 0 Å². The fourth-order valence-corrected chi connectivity index (χ4v) is 4.51. The second-order valence-corrected chi connectivity index (χ2v) is 7.30. The third-order valence-electron chi connectivity index (χ3n) is 4.88. The van der Waals surface area contributed by atoms with Crippen molar-refractivity contribution in [1.82, 2.24) is 10.2 Å². The van der Waals surface area contributed by atoms with Crippen molar-refractivity contribution in [2.45, 2.75) is 52.1 Å². The second-order valence-electron chi connectivity index (χ2n) is 6.15. The first-order valence-corrected chi connectivity index (χ1v) is 8.95. The van der Waals surface area contributed by atoms with Gasteiger partial charge in [-0.15, -0.1) is 0 Å². The zero-order chi connectivity index (χ0) is 13.0. The highest BCUT2D eigenvalue weighted by Crippen LogP contribution is 2.26. The minimum atomic E-state index is 0.715. The minimum absolute atomic E-state index is 0.715. The third-order valence-corrected chi connectivity index (χ3v) is 6.11. The normalized spacial score (nSPS) is 35.8. The average molecular weight is 270 g/mol. The average Bonchev–Trinajstić information content (AvgIpc) is 2.90. The van der Waals surface area contributed by atoms with E-state index in [0.29, 0.717) is 6.04 Å². The smallest absolute Gasteiger partial charge is 0.0221 e. The van der Waals surface area contributed by atoms with Crippen LogP contribution in [0.5, 0.6) is 0 Å². The Hall–Kier alpha value is 0.270. The summed E-state index contributed by atoms with van der Waals surface area (Å²) in [6, 6.07) is 1.49. The van der Waals surface area contributed by atoms with Gasteiger partial charge in [0.25, 0.3) is 0 Å². The molecule has 0 aromatic heterocycles. The van der Waals surface area contributed by atoms with Gasteiger partial charge >= 0.3 is 0 Å². The molecule has 2 aliphatic rings. The number of nitrogens with one attached hydrogen (secondary N) is 1. The van der Waals surface area contributed by atoms with Crippen molar-refractivity contribution in [2.75, 3.05) is 31.1 Å². The van der Waals surface area contributed by atoms with Crippen LogP contribution in [-0.4, -0.2) is 48.1 Å². The van der Waals surface area contributed by atoms with Crippen LogP contribution in [0.3, 0.4) is 0 Å². The van der Waals surface area contributed by atoms with Crippen LogP contribution in [-0.2, 0) is 0 Å². The lowest BCUT2D eigenvalue weighted by atomic mass is 9.94. The molecule has 0 bridgehead atoms. The monoisotopic (exact) mass is 270 g/mol. The van der Waals surface area contributed by atoms with Gasteiger partial charge in [0, 0.05) is 31.7 Å². The second kappa shape index (κ2) is 7.16. The van der Waals surface area contributed by atoms with Crippen LogP contribution in [0.15, 0.2) is 0 Å². The molecule has 3 heteroatoms. The van der Waals surface area contributed by atoms with Gasteiger partial charge in [0.2, 0.25) is 0 Å². The van der Waals surface area contributed by atoms with Crippen molar-refractivity contribution in [2.24, 2.45) is 11.8 Å². The summed E-state index contributed by atoms with van der Waals surface area (Å²) in [5, 5.41) is 3.78. The Bertz CT molecular complexity index is 241. The van der Waals surface area contributed by atoms with Crippen molar-refractivity contribution >= 4 is 11.8 Å². The summed E-state index contributed by atoms with van der Waals surface area (Å²) in [6.07, 6.45) is 4.03. The first-order valence-electron chi connectivity index (χ1n) is 7.79. The summed E-state index contributed by atoms with van der Waals surface area (Å²) in [5.41, 5.74) is 0. The molecule has 1 N–H and O–H groups in total. The quantitative estimate of drug-likeness (QED) is 0.827. The molecular weight excluding hydrogens is 240 g/mol. The molecule has 0 aromatic rings. The van der Waals surface area contributed by atoms with Crippen molar-refractivity contribution in [3.8, 4) is 0 Å². The zero-order valence-corrected chi connectivity index (χ0v) is 13.1. The summed E-state index contributed by atoms with van der Waals surface area (Å²) < 4.78 is 0. The van der Waals surface area contributed by atoms with E-state index in [2.05, 4.69) is 42.7 Å². The Morgan fingerprint density at radius 3 is 2.83 bits per heavy atom. The Morgan fingerprint density at radius 2 is 2.22 bits per heavy atom. The minimum Gasteiger partial charge on any atom is -0.311 e. The molecule has 4 unspecified atom stereocenters. The highest BCUT2D eigenvalue weighted by molar-refractivity contribution is 7.99. The first-order chi connectivity index (χ1) is 8.74. The van der Waals surface area contributed by atoms with Gasteiger partial charge in [0.15, 0.2) is 0 Å². The molecule has 2 fully saturated rings. The molecule has 0 amide bonds. The fraction of sp³-hybridized carbons (Fsp3) is 1.00. The molecule has 0 radical (unpaired) electrons. The van der Waals surface area contributed by atoms with E-state index in [1.54, 1.807) is 0 Å². The van der Waals surface area contributed by atoms with E-state index in [1.165, 1.54) is 50.4 Å². The van der Waals surface area contributed by atoms with Crippen LogP contribution >= 0.6 is 11.8 Å². The maximum atomic E-state index is 3.78. The maximum absolute atomic E-state index is 3.78. The van der Waals surface area contributed by atoms with Gasteiger partial charge in [0.05, 0.1) is 0 Å². The standard InChI is InChI=1S/C15H30N2S/c1-4-12(3)15-10-17(14(5-2)8-16-15)9-13-6-7-18-11-13/h12-16H,4-11H2,1-3H3. The third kappa shape index (κ3) is 3.64. The number of thioether (sulfide) groups is 1. The van der Waals surface area contributed by atoms with Crippen LogP contribution in [0.25, 0.3) is 0 Å². The molecule has 0 aromatic carbocycles. The highest BCUT2D eigenvalue weighted by atomic mass is 32.2. The Morgan fingerprint density at radius 1 is 1.39 bits per heavy atom. The van der Waals surface area contributed by atoms with Gasteiger partial charge in [-0.2, -0.15) is 11.8 Å². The Kier molecular flexibility index (Phi) is 5.84. The summed E-state index contributed by atoms with van der Waals surface area (Å²) in [5.74, 6) is 4.56. The Balaban J connectivity index is 1.89. The number of hydrogen-bond donors (Lipinski definition) is 1. The predicted octanol–water partition coefficient (Wildman–Crippen LogP) is 2.84. The largest absolute Gasteiger partial charge is 0.311 e. The van der Waals surface area contributed by atoms with Gasteiger partial charge in [-0.05, 0) is 36.2 Å². The molecule has 2 rings (SSSR count). The lowest BCUT2D eigenvalue weighted by molar-refractivity contribution is 0.0930. The lowest BCUT2D eigenvalue weighted by Crippen LogP contribution is -2.59. The molecule has 0 saturated carbocycles. The van der Waals surface area contributed by atoms with E-state index in [1.807, 2.05) is 0 Å². The van der Waals surface area contributed by atoms with Gasteiger partial charge in [-0.25, -0.2) is 0 Å². The molecule has 2 aliphatic heterocycles. The highest BCUT2D eigenvalue weighted by Gasteiger charge is 2.31. The molecule has 0 spiro atoms. The number of piperazine rings is 1. The molecule has 18 heavy (non-hydrogen) atoms. The fourth-order valence-electron chi connectivity index (χ4n) is 3.23. The van der Waals surface area contributed by atoms with Gasteiger partial charge in [0.1, 0.15) is 0 Å². The molecule has 2 heterocycles. The Labute approximate surface area is 117 Å². The van der Waals surface area contributed by atoms with Crippen molar-refractivity contribution < 1.29 is 0 Å². The van der Waals surface area contributed by atoms with E-state index < -0.39 is 0 Å². The van der Waals surface area contributed by atoms with Crippen LogP contribution in [0.4, 0.5) is 0 Å². The van der Waals surface area contributed by atoms with Crippen molar-refractivity contribution in [3.63, 3.8) is 0 Å². The van der Waals surface area contributed by atoms with E-state index in [0.717, 1.165) is 17.9 Å². The summed E-state index contributed by atoms with van der Waals surface area (Å²) in [6.45, 7) is 10.9. The molecule has 4 atom stereocenters. The van der Waals surface area contributed by atoms with Gasteiger partial charge < -0.3 is 5.32 Å². The van der Waals surface area contributed by atoms with Crippen LogP contribution in [0.1, 0.15) is 40.0 Å². The van der Waals surface area contributed by atoms with E-state index >= 15 is 0 Å². The molecular formula is C15H30N2S. The van der Waals surface area contributed by atoms with E-state index in [-0.39, 0.29) is 0 Å². The molecule has 0 aliphatic carbocycles. The van der Waals surface area contributed by atoms with Gasteiger partial charge in [-0.1, -0.05) is 27.2 Å². The number of hydrogen-bond acceptors (Lipinski definition) is 3. The summed E-state index contributed by atoms with van der Waals surface area (Å²) in [4.78, 5) is 2.80. The SMILES string of the molecule is CCC(C)C1CN(CC2CCSC2)C(CC)CN1.